The van der Waals surface area contributed by atoms with E-state index in [4.69, 9.17) is 0 Å². The molecule has 2 amide bonds. The standard InChI is InChI=1S/C18H32N2O3/c1-4-6-8-9-10-12-14-19-18(23)17(15(3)21)20-16(22)13-11-7-5-2/h5,7,11,13,15,17,21H,4,6,8-10,12,14H2,1-3H3,(H,19,23)(H,20,22)/b7-5+,13-11+/t15-,17+/m1/s1. The fraction of sp³-hybridized carbons (Fsp3) is 0.667. The second-order valence-corrected chi connectivity index (χ2v) is 5.67. The van der Waals surface area contributed by atoms with Gasteiger partial charge in [0.25, 0.3) is 0 Å². The van der Waals surface area contributed by atoms with Crippen molar-refractivity contribution in [3.8, 4) is 0 Å². The number of aliphatic hydroxyl groups excluding tert-OH is 1. The zero-order valence-corrected chi connectivity index (χ0v) is 14.7. The number of hydrogen-bond donors (Lipinski definition) is 3. The van der Waals surface area contributed by atoms with Gasteiger partial charge in [0.05, 0.1) is 6.10 Å². The number of aliphatic hydroxyl groups is 1. The molecule has 5 nitrogen and oxygen atoms in total. The van der Waals surface area contributed by atoms with Gasteiger partial charge < -0.3 is 15.7 Å². The molecule has 0 aromatic heterocycles. The molecular formula is C18H32N2O3. The van der Waals surface area contributed by atoms with Crippen molar-refractivity contribution >= 4 is 11.8 Å². The molecule has 0 spiro atoms. The van der Waals surface area contributed by atoms with Crippen LogP contribution in [0.3, 0.4) is 0 Å². The van der Waals surface area contributed by atoms with E-state index in [-0.39, 0.29) is 5.91 Å². The van der Waals surface area contributed by atoms with E-state index < -0.39 is 18.1 Å². The van der Waals surface area contributed by atoms with Gasteiger partial charge in [-0.3, -0.25) is 9.59 Å². The molecule has 0 saturated heterocycles. The molecule has 0 radical (unpaired) electrons. The molecule has 23 heavy (non-hydrogen) atoms. The van der Waals surface area contributed by atoms with Crippen LogP contribution in [-0.2, 0) is 9.59 Å². The van der Waals surface area contributed by atoms with Crippen molar-refractivity contribution in [2.45, 2.75) is 71.4 Å². The zero-order chi connectivity index (χ0) is 17.5. The predicted molar refractivity (Wildman–Crippen MR) is 94.0 cm³/mol. The third-order valence-corrected chi connectivity index (χ3v) is 3.44. The van der Waals surface area contributed by atoms with E-state index in [0.29, 0.717) is 6.54 Å². The normalized spacial score (nSPS) is 14.1. The fourth-order valence-electron chi connectivity index (χ4n) is 2.09. The maximum atomic E-state index is 12.1. The second kappa shape index (κ2) is 14.0. The van der Waals surface area contributed by atoms with Gasteiger partial charge in [-0.2, -0.15) is 0 Å². The lowest BCUT2D eigenvalue weighted by Gasteiger charge is -2.20. The summed E-state index contributed by atoms with van der Waals surface area (Å²) in [4.78, 5) is 23.8. The molecule has 0 unspecified atom stereocenters. The molecule has 0 aromatic carbocycles. The number of nitrogens with one attached hydrogen (secondary N) is 2. The molecule has 0 fully saturated rings. The lowest BCUT2D eigenvalue weighted by Crippen LogP contribution is -2.52. The molecule has 0 aliphatic carbocycles. The summed E-state index contributed by atoms with van der Waals surface area (Å²) < 4.78 is 0. The first-order valence-electron chi connectivity index (χ1n) is 8.58. The third-order valence-electron chi connectivity index (χ3n) is 3.44. The summed E-state index contributed by atoms with van der Waals surface area (Å²) in [6.07, 6.45) is 12.4. The van der Waals surface area contributed by atoms with Crippen molar-refractivity contribution in [1.82, 2.24) is 10.6 Å². The summed E-state index contributed by atoms with van der Waals surface area (Å²) in [5, 5.41) is 15.0. The van der Waals surface area contributed by atoms with E-state index in [1.807, 2.05) is 6.92 Å². The highest BCUT2D eigenvalue weighted by Gasteiger charge is 2.24. The van der Waals surface area contributed by atoms with Crippen molar-refractivity contribution in [2.24, 2.45) is 0 Å². The van der Waals surface area contributed by atoms with Crippen LogP contribution < -0.4 is 10.6 Å². The van der Waals surface area contributed by atoms with E-state index in [9.17, 15) is 14.7 Å². The Kier molecular flexibility index (Phi) is 13.0. The van der Waals surface area contributed by atoms with Gasteiger partial charge in [-0.1, -0.05) is 57.3 Å². The van der Waals surface area contributed by atoms with Gasteiger partial charge in [-0.05, 0) is 20.3 Å². The Bertz CT molecular complexity index is 390. The smallest absolute Gasteiger partial charge is 0.245 e. The van der Waals surface area contributed by atoms with Crippen LogP contribution in [0.1, 0.15) is 59.3 Å². The highest BCUT2D eigenvalue weighted by molar-refractivity contribution is 5.93. The molecule has 0 heterocycles. The highest BCUT2D eigenvalue weighted by Crippen LogP contribution is 2.04. The second-order valence-electron chi connectivity index (χ2n) is 5.67. The molecule has 0 bridgehead atoms. The van der Waals surface area contributed by atoms with E-state index in [2.05, 4.69) is 17.6 Å². The average molecular weight is 324 g/mol. The number of carbonyl (C=O) groups is 2. The van der Waals surface area contributed by atoms with Crippen molar-refractivity contribution in [3.05, 3.63) is 24.3 Å². The van der Waals surface area contributed by atoms with Gasteiger partial charge in [-0.25, -0.2) is 0 Å². The van der Waals surface area contributed by atoms with Crippen LogP contribution in [0.25, 0.3) is 0 Å². The first kappa shape index (κ1) is 21.4. The maximum Gasteiger partial charge on any atom is 0.245 e. The van der Waals surface area contributed by atoms with Gasteiger partial charge in [0.15, 0.2) is 0 Å². The molecule has 0 saturated carbocycles. The monoisotopic (exact) mass is 324 g/mol. The van der Waals surface area contributed by atoms with Crippen LogP contribution >= 0.6 is 0 Å². The molecule has 0 aliphatic rings. The zero-order valence-electron chi connectivity index (χ0n) is 14.7. The van der Waals surface area contributed by atoms with E-state index >= 15 is 0 Å². The summed E-state index contributed by atoms with van der Waals surface area (Å²) in [5.74, 6) is -0.745. The van der Waals surface area contributed by atoms with Gasteiger partial charge >= 0.3 is 0 Å². The number of amides is 2. The van der Waals surface area contributed by atoms with Crippen LogP contribution in [0.4, 0.5) is 0 Å². The summed E-state index contributed by atoms with van der Waals surface area (Å²) in [7, 11) is 0. The van der Waals surface area contributed by atoms with Gasteiger partial charge in [0.1, 0.15) is 6.04 Å². The fourth-order valence-corrected chi connectivity index (χ4v) is 2.09. The Labute approximate surface area is 140 Å². The number of rotatable bonds is 12. The number of hydrogen-bond acceptors (Lipinski definition) is 3. The molecular weight excluding hydrogens is 292 g/mol. The molecule has 132 valence electrons. The summed E-state index contributed by atoms with van der Waals surface area (Å²) in [6.45, 7) is 6.08. The van der Waals surface area contributed by atoms with Crippen molar-refractivity contribution in [3.63, 3.8) is 0 Å². The van der Waals surface area contributed by atoms with E-state index in [1.165, 1.54) is 38.7 Å². The summed E-state index contributed by atoms with van der Waals surface area (Å²) >= 11 is 0. The average Bonchev–Trinajstić information content (AvgIpc) is 2.51. The van der Waals surface area contributed by atoms with Crippen LogP contribution in [0, 0.1) is 0 Å². The SMILES string of the molecule is C/C=C/C=C/C(=O)N[C@H](C(=O)NCCCCCCCC)[C@@H](C)O. The number of carbonyl (C=O) groups excluding carboxylic acids is 2. The lowest BCUT2D eigenvalue weighted by atomic mass is 10.1. The number of allylic oxidation sites excluding steroid dienone is 3. The van der Waals surface area contributed by atoms with Crippen LogP contribution in [0.15, 0.2) is 24.3 Å². The quantitative estimate of drug-likeness (QED) is 0.293. The topological polar surface area (TPSA) is 78.4 Å². The van der Waals surface area contributed by atoms with Gasteiger partial charge in [-0.15, -0.1) is 0 Å². The predicted octanol–water partition coefficient (Wildman–Crippen LogP) is 2.46. The highest BCUT2D eigenvalue weighted by atomic mass is 16.3. The Hall–Kier alpha value is -1.62. The van der Waals surface area contributed by atoms with Gasteiger partial charge in [0, 0.05) is 12.6 Å². The van der Waals surface area contributed by atoms with Crippen molar-refractivity contribution in [2.75, 3.05) is 6.54 Å². The van der Waals surface area contributed by atoms with Crippen LogP contribution in [-0.4, -0.2) is 35.6 Å². The first-order valence-corrected chi connectivity index (χ1v) is 8.58. The maximum absolute atomic E-state index is 12.1. The van der Waals surface area contributed by atoms with Crippen LogP contribution in [0.2, 0.25) is 0 Å². The largest absolute Gasteiger partial charge is 0.391 e. The minimum Gasteiger partial charge on any atom is -0.391 e. The molecule has 0 rings (SSSR count). The Morgan fingerprint density at radius 1 is 1.09 bits per heavy atom. The molecule has 3 N–H and O–H groups in total. The Morgan fingerprint density at radius 3 is 2.35 bits per heavy atom. The number of unbranched alkanes of at least 4 members (excludes halogenated alkanes) is 5. The Morgan fingerprint density at radius 2 is 1.74 bits per heavy atom. The summed E-state index contributed by atoms with van der Waals surface area (Å²) in [5.41, 5.74) is 0. The third kappa shape index (κ3) is 11.6. The van der Waals surface area contributed by atoms with Crippen LogP contribution in [0.5, 0.6) is 0 Å². The summed E-state index contributed by atoms with van der Waals surface area (Å²) in [6, 6.07) is -0.933. The lowest BCUT2D eigenvalue weighted by molar-refractivity contribution is -0.129. The van der Waals surface area contributed by atoms with Crippen molar-refractivity contribution in [1.29, 1.82) is 0 Å². The Balaban J connectivity index is 4.13. The van der Waals surface area contributed by atoms with E-state index in [0.717, 1.165) is 12.8 Å². The first-order chi connectivity index (χ1) is 11.0. The minimum atomic E-state index is -0.946. The van der Waals surface area contributed by atoms with Gasteiger partial charge in [0.2, 0.25) is 11.8 Å². The minimum absolute atomic E-state index is 0.346. The molecule has 0 aromatic rings. The van der Waals surface area contributed by atoms with Crippen molar-refractivity contribution < 1.29 is 14.7 Å². The molecule has 5 heteroatoms. The molecule has 0 aliphatic heterocycles. The van der Waals surface area contributed by atoms with E-state index in [1.54, 1.807) is 18.2 Å². The molecule has 2 atom stereocenters.